The van der Waals surface area contributed by atoms with Crippen molar-refractivity contribution in [2.45, 2.75) is 24.3 Å². The van der Waals surface area contributed by atoms with E-state index in [4.69, 9.17) is 13.9 Å². The summed E-state index contributed by atoms with van der Waals surface area (Å²) in [5.41, 5.74) is 1.05. The molecule has 144 valence electrons. The minimum Gasteiger partial charge on any atom is -0.485 e. The summed E-state index contributed by atoms with van der Waals surface area (Å²) in [6.45, 7) is 2.24. The molecule has 1 aromatic heterocycles. The lowest BCUT2D eigenvalue weighted by atomic mass is 10.1. The van der Waals surface area contributed by atoms with Gasteiger partial charge >= 0.3 is 0 Å². The molecule has 1 N–H and O–H groups in total. The number of carbonyl (C=O) groups excluding carboxylic acids is 1. The van der Waals surface area contributed by atoms with Crippen molar-refractivity contribution in [3.05, 3.63) is 66.1 Å². The minimum atomic E-state index is -0.469. The molecule has 2 atom stereocenters. The molecule has 4 rings (SSSR count). The van der Waals surface area contributed by atoms with Gasteiger partial charge in [0.05, 0.1) is 11.8 Å². The Hall–Kier alpha value is -3.00. The lowest BCUT2D eigenvalue weighted by molar-refractivity contribution is -0.119. The Morgan fingerprint density at radius 2 is 1.89 bits per heavy atom. The number of aromatic nitrogens is 2. The molecule has 1 aliphatic rings. The highest BCUT2D eigenvalue weighted by Gasteiger charge is 2.27. The van der Waals surface area contributed by atoms with Crippen molar-refractivity contribution >= 4 is 17.7 Å². The molecule has 0 saturated carbocycles. The van der Waals surface area contributed by atoms with Crippen molar-refractivity contribution in [3.8, 4) is 11.5 Å². The summed E-state index contributed by atoms with van der Waals surface area (Å²) in [7, 11) is 0. The first kappa shape index (κ1) is 18.4. The number of nitrogens with one attached hydrogen (secondary N) is 1. The van der Waals surface area contributed by atoms with E-state index < -0.39 is 6.10 Å². The number of nitrogens with zero attached hydrogens (tertiary/aromatic N) is 2. The maximum atomic E-state index is 12.2. The van der Waals surface area contributed by atoms with Crippen molar-refractivity contribution in [2.75, 3.05) is 12.4 Å². The van der Waals surface area contributed by atoms with Gasteiger partial charge in [-0.05, 0) is 24.6 Å². The van der Waals surface area contributed by atoms with Crippen LogP contribution >= 0.6 is 11.8 Å². The molecule has 7 nitrogen and oxygen atoms in total. The van der Waals surface area contributed by atoms with Gasteiger partial charge in [-0.25, -0.2) is 0 Å². The topological polar surface area (TPSA) is 86.5 Å². The summed E-state index contributed by atoms with van der Waals surface area (Å²) in [4.78, 5) is 12.2. The Bertz CT molecular complexity index is 947. The monoisotopic (exact) mass is 397 g/mol. The summed E-state index contributed by atoms with van der Waals surface area (Å²) in [5, 5.41) is 11.3. The number of hydrogen-bond donors (Lipinski definition) is 1. The Morgan fingerprint density at radius 3 is 2.71 bits per heavy atom. The summed E-state index contributed by atoms with van der Waals surface area (Å²) in [5.74, 6) is 1.74. The van der Waals surface area contributed by atoms with Crippen molar-refractivity contribution in [1.82, 2.24) is 15.5 Å². The molecule has 3 aromatic rings. The number of hydrogen-bond acceptors (Lipinski definition) is 7. The largest absolute Gasteiger partial charge is 0.485 e. The molecule has 2 aromatic carbocycles. The number of para-hydroxylation sites is 2. The highest BCUT2D eigenvalue weighted by atomic mass is 32.2. The Morgan fingerprint density at radius 1 is 1.14 bits per heavy atom. The number of ether oxygens (including phenoxy) is 2. The van der Waals surface area contributed by atoms with Crippen LogP contribution in [0, 0.1) is 0 Å². The van der Waals surface area contributed by atoms with Gasteiger partial charge < -0.3 is 19.2 Å². The van der Waals surface area contributed by atoms with E-state index in [1.54, 1.807) is 0 Å². The van der Waals surface area contributed by atoms with Crippen molar-refractivity contribution in [1.29, 1.82) is 0 Å². The third kappa shape index (κ3) is 4.28. The van der Waals surface area contributed by atoms with Gasteiger partial charge in [0.1, 0.15) is 6.61 Å². The Labute approximate surface area is 166 Å². The molecule has 0 spiro atoms. The molecule has 8 heteroatoms. The average Bonchev–Trinajstić information content (AvgIpc) is 3.21. The zero-order valence-electron chi connectivity index (χ0n) is 15.2. The molecule has 0 aliphatic carbocycles. The van der Waals surface area contributed by atoms with Crippen LogP contribution in [0.2, 0.25) is 0 Å². The highest BCUT2D eigenvalue weighted by molar-refractivity contribution is 7.99. The van der Waals surface area contributed by atoms with E-state index in [9.17, 15) is 4.79 Å². The maximum Gasteiger partial charge on any atom is 0.277 e. The maximum absolute atomic E-state index is 12.2. The summed E-state index contributed by atoms with van der Waals surface area (Å²) < 4.78 is 17.1. The van der Waals surface area contributed by atoms with E-state index in [-0.39, 0.29) is 17.7 Å². The molecular weight excluding hydrogens is 378 g/mol. The Kier molecular flexibility index (Phi) is 5.48. The van der Waals surface area contributed by atoms with Crippen LogP contribution in [0.4, 0.5) is 0 Å². The second-order valence-corrected chi connectivity index (χ2v) is 7.19. The van der Waals surface area contributed by atoms with Gasteiger partial charge in [0.2, 0.25) is 12.0 Å². The summed E-state index contributed by atoms with van der Waals surface area (Å²) in [6, 6.07) is 17.1. The fraction of sp³-hybridized carbons (Fsp3) is 0.250. The van der Waals surface area contributed by atoms with Crippen LogP contribution in [0.3, 0.4) is 0 Å². The smallest absolute Gasteiger partial charge is 0.277 e. The van der Waals surface area contributed by atoms with Crippen molar-refractivity contribution in [2.24, 2.45) is 0 Å². The second kappa shape index (κ2) is 8.35. The van der Waals surface area contributed by atoms with E-state index in [0.29, 0.717) is 29.2 Å². The molecule has 28 heavy (non-hydrogen) atoms. The third-order valence-corrected chi connectivity index (χ3v) is 5.03. The molecule has 1 amide bonds. The predicted octanol–water partition coefficient (Wildman–Crippen LogP) is 3.55. The van der Waals surface area contributed by atoms with E-state index in [1.807, 2.05) is 61.5 Å². The van der Waals surface area contributed by atoms with Gasteiger partial charge in [-0.15, -0.1) is 10.2 Å². The molecule has 0 fully saturated rings. The molecule has 1 aliphatic heterocycles. The fourth-order valence-corrected chi connectivity index (χ4v) is 3.37. The summed E-state index contributed by atoms with van der Waals surface area (Å²) >= 11 is 1.19. The molecule has 0 bridgehead atoms. The van der Waals surface area contributed by atoms with E-state index in [1.165, 1.54) is 11.8 Å². The SMILES string of the molecule is C[C@@H](NC(=O)CSc1nnc([C@@H]2COc3ccccc3O2)o1)c1ccccc1. The zero-order valence-corrected chi connectivity index (χ0v) is 16.0. The molecule has 0 radical (unpaired) electrons. The zero-order chi connectivity index (χ0) is 19.3. The van der Waals surface area contributed by atoms with Crippen LogP contribution in [0.25, 0.3) is 0 Å². The molecule has 0 saturated heterocycles. The van der Waals surface area contributed by atoms with Gasteiger partial charge in [-0.2, -0.15) is 0 Å². The number of benzene rings is 2. The number of carbonyl (C=O) groups is 1. The fourth-order valence-electron chi connectivity index (χ4n) is 2.79. The molecule has 0 unspecified atom stereocenters. The lowest BCUT2D eigenvalue weighted by Gasteiger charge is -2.23. The van der Waals surface area contributed by atoms with Crippen LogP contribution < -0.4 is 14.8 Å². The number of fused-ring (bicyclic) bond motifs is 1. The van der Waals surface area contributed by atoms with Crippen LogP contribution in [-0.4, -0.2) is 28.5 Å². The first-order valence-corrected chi connectivity index (χ1v) is 9.86. The van der Waals surface area contributed by atoms with Crippen molar-refractivity contribution in [3.63, 3.8) is 0 Å². The number of rotatable bonds is 6. The van der Waals surface area contributed by atoms with Gasteiger partial charge in [-0.1, -0.05) is 54.2 Å². The van der Waals surface area contributed by atoms with E-state index in [0.717, 1.165) is 5.56 Å². The quantitative estimate of drug-likeness (QED) is 0.637. The van der Waals surface area contributed by atoms with Crippen LogP contribution in [0.1, 0.15) is 30.5 Å². The number of thioether (sulfide) groups is 1. The normalized spacial score (nSPS) is 16.4. The van der Waals surface area contributed by atoms with Crippen LogP contribution in [-0.2, 0) is 4.79 Å². The van der Waals surface area contributed by atoms with Gasteiger partial charge in [-0.3, -0.25) is 4.79 Å². The van der Waals surface area contributed by atoms with Gasteiger partial charge in [0.15, 0.2) is 11.5 Å². The number of amides is 1. The second-order valence-electron chi connectivity index (χ2n) is 6.26. The average molecular weight is 397 g/mol. The summed E-state index contributed by atoms with van der Waals surface area (Å²) in [6.07, 6.45) is -0.469. The van der Waals surface area contributed by atoms with Gasteiger partial charge in [0.25, 0.3) is 11.1 Å². The molecule has 2 heterocycles. The van der Waals surface area contributed by atoms with E-state index >= 15 is 0 Å². The van der Waals surface area contributed by atoms with Crippen molar-refractivity contribution < 1.29 is 18.7 Å². The Balaban J connectivity index is 1.30. The standard InChI is InChI=1S/C20H19N3O4S/c1-13(14-7-3-2-4-8-14)21-18(24)12-28-20-23-22-19(27-20)17-11-25-15-9-5-6-10-16(15)26-17/h2-10,13,17H,11-12H2,1H3,(H,21,24)/t13-,17+/m1/s1. The third-order valence-electron chi connectivity index (χ3n) is 4.21. The van der Waals surface area contributed by atoms with Crippen LogP contribution in [0.5, 0.6) is 11.5 Å². The predicted molar refractivity (Wildman–Crippen MR) is 103 cm³/mol. The van der Waals surface area contributed by atoms with Gasteiger partial charge in [0, 0.05) is 0 Å². The molecular formula is C20H19N3O4S. The first-order chi connectivity index (χ1) is 13.7. The highest BCUT2D eigenvalue weighted by Crippen LogP contribution is 2.35. The van der Waals surface area contributed by atoms with E-state index in [2.05, 4.69) is 15.5 Å². The van der Waals surface area contributed by atoms with Crippen LogP contribution in [0.15, 0.2) is 64.2 Å². The first-order valence-electron chi connectivity index (χ1n) is 8.88. The lowest BCUT2D eigenvalue weighted by Crippen LogP contribution is -2.28. The minimum absolute atomic E-state index is 0.0691.